The van der Waals surface area contributed by atoms with Crippen molar-refractivity contribution in [1.29, 1.82) is 0 Å². The second kappa shape index (κ2) is 4.98. The Bertz CT molecular complexity index is 499. The molecular weight excluding hydrogens is 217 g/mol. The van der Waals surface area contributed by atoms with Crippen molar-refractivity contribution in [2.45, 2.75) is 13.4 Å². The summed E-state index contributed by atoms with van der Waals surface area (Å²) in [5.74, 6) is 0. The van der Waals surface area contributed by atoms with Gasteiger partial charge in [0.25, 0.3) is 0 Å². The number of nitrogens with zero attached hydrogens (tertiary/aromatic N) is 3. The number of rotatable bonds is 4. The molecule has 0 atom stereocenters. The highest BCUT2D eigenvalue weighted by atomic mass is 16.2. The van der Waals surface area contributed by atoms with Crippen LogP contribution in [-0.4, -0.2) is 26.8 Å². The Morgan fingerprint density at radius 1 is 1.53 bits per heavy atom. The smallest absolute Gasteiger partial charge is 0.373 e. The largest absolute Gasteiger partial charge is 0.437 e. The number of hydrogen-bond donors (Lipinski definition) is 3. The molecule has 0 bridgehead atoms. The first kappa shape index (κ1) is 11.6. The average molecular weight is 231 g/mol. The summed E-state index contributed by atoms with van der Waals surface area (Å²) in [4.78, 5) is 3.93. The number of anilines is 1. The van der Waals surface area contributed by atoms with Gasteiger partial charge in [-0.1, -0.05) is 0 Å². The lowest BCUT2D eigenvalue weighted by molar-refractivity contribution is 0.554. The molecule has 0 saturated carbocycles. The van der Waals surface area contributed by atoms with Crippen molar-refractivity contribution in [3.05, 3.63) is 36.4 Å². The van der Waals surface area contributed by atoms with E-state index in [-0.39, 0.29) is 0 Å². The van der Waals surface area contributed by atoms with Gasteiger partial charge in [-0.15, -0.1) is 0 Å². The Balaban J connectivity index is 2.16. The summed E-state index contributed by atoms with van der Waals surface area (Å²) in [6.45, 7) is 2.23. The predicted octanol–water partition coefficient (Wildman–Crippen LogP) is 0.0494. The number of nitrogens with one attached hydrogen (secondary N) is 1. The molecule has 0 aliphatic heterocycles. The molecule has 0 aromatic carbocycles. The molecule has 2 aromatic rings. The maximum absolute atomic E-state index is 9.12. The highest BCUT2D eigenvalue weighted by Gasteiger charge is 2.06. The minimum Gasteiger partial charge on any atom is -0.437 e. The molecule has 0 radical (unpaired) electrons. The van der Waals surface area contributed by atoms with Crippen molar-refractivity contribution in [1.82, 2.24) is 20.0 Å². The van der Waals surface area contributed by atoms with Crippen LogP contribution in [0.3, 0.4) is 0 Å². The van der Waals surface area contributed by atoms with Crippen molar-refractivity contribution in [2.75, 3.05) is 5.73 Å². The molecule has 17 heavy (non-hydrogen) atoms. The van der Waals surface area contributed by atoms with Crippen LogP contribution in [0.2, 0.25) is 6.82 Å². The van der Waals surface area contributed by atoms with E-state index in [9.17, 15) is 0 Å². The van der Waals surface area contributed by atoms with Gasteiger partial charge >= 0.3 is 7.05 Å². The molecule has 0 aliphatic carbocycles. The molecule has 0 aliphatic rings. The number of nitrogen functional groups attached to an aromatic ring is 1. The van der Waals surface area contributed by atoms with Gasteiger partial charge in [-0.3, -0.25) is 4.98 Å². The van der Waals surface area contributed by atoms with Crippen LogP contribution in [0.4, 0.5) is 5.69 Å². The molecule has 0 fully saturated rings. The monoisotopic (exact) mass is 231 g/mol. The van der Waals surface area contributed by atoms with Crippen LogP contribution in [0.5, 0.6) is 0 Å². The van der Waals surface area contributed by atoms with E-state index < -0.39 is 7.05 Å². The highest BCUT2D eigenvalue weighted by molar-refractivity contribution is 6.45. The molecule has 88 valence electrons. The molecule has 2 heterocycles. The average Bonchev–Trinajstić information content (AvgIpc) is 2.75. The summed E-state index contributed by atoms with van der Waals surface area (Å²) in [5, 5.41) is 16.2. The Labute approximate surface area is 99.6 Å². The van der Waals surface area contributed by atoms with Gasteiger partial charge in [0.05, 0.1) is 23.8 Å². The summed E-state index contributed by atoms with van der Waals surface area (Å²) in [6, 6.07) is 1.80. The fraction of sp³-hybridized carbons (Fsp3) is 0.200. The predicted molar refractivity (Wildman–Crippen MR) is 66.4 cm³/mol. The SMILES string of the molecule is CB(O)NCc1cnn(-c2ccncc2N)c1. The standard InChI is InChI=1S/C10H14BN5O/c1-11(17)14-4-8-5-15-16(7-8)10-2-3-13-6-9(10)12/h2-3,5-7,14,17H,4,12H2,1H3. The first-order valence-corrected chi connectivity index (χ1v) is 5.31. The van der Waals surface area contributed by atoms with Crippen molar-refractivity contribution in [3.8, 4) is 5.69 Å². The molecule has 4 N–H and O–H groups in total. The van der Waals surface area contributed by atoms with Crippen molar-refractivity contribution >= 4 is 12.7 Å². The van der Waals surface area contributed by atoms with E-state index in [0.717, 1.165) is 11.3 Å². The minimum atomic E-state index is -0.538. The summed E-state index contributed by atoms with van der Waals surface area (Å²) in [7, 11) is -0.538. The molecule has 7 heteroatoms. The molecule has 0 unspecified atom stereocenters. The molecule has 6 nitrogen and oxygen atoms in total. The Hall–Kier alpha value is -1.86. The van der Waals surface area contributed by atoms with E-state index in [4.69, 9.17) is 10.8 Å². The second-order valence-electron chi connectivity index (χ2n) is 3.78. The lowest BCUT2D eigenvalue weighted by Crippen LogP contribution is -2.29. The fourth-order valence-electron chi connectivity index (χ4n) is 1.46. The van der Waals surface area contributed by atoms with Crippen LogP contribution in [-0.2, 0) is 6.54 Å². The lowest BCUT2D eigenvalue weighted by Gasteiger charge is -2.04. The zero-order valence-electron chi connectivity index (χ0n) is 9.54. The van der Waals surface area contributed by atoms with E-state index in [1.54, 1.807) is 36.2 Å². The first-order valence-electron chi connectivity index (χ1n) is 5.31. The van der Waals surface area contributed by atoms with E-state index >= 15 is 0 Å². The van der Waals surface area contributed by atoms with Gasteiger partial charge in [-0.05, 0) is 12.9 Å². The quantitative estimate of drug-likeness (QED) is 0.647. The Morgan fingerprint density at radius 2 is 2.35 bits per heavy atom. The summed E-state index contributed by atoms with van der Waals surface area (Å²) in [6.07, 6.45) is 6.85. The van der Waals surface area contributed by atoms with Crippen molar-refractivity contribution in [2.24, 2.45) is 0 Å². The number of pyridine rings is 1. The molecular formula is C10H14BN5O. The number of aromatic nitrogens is 3. The van der Waals surface area contributed by atoms with Gasteiger partial charge in [-0.25, -0.2) is 4.68 Å². The summed E-state index contributed by atoms with van der Waals surface area (Å²) in [5.41, 5.74) is 8.15. The molecule has 2 aromatic heterocycles. The van der Waals surface area contributed by atoms with Crippen molar-refractivity contribution in [3.63, 3.8) is 0 Å². The minimum absolute atomic E-state index is 0.538. The second-order valence-corrected chi connectivity index (χ2v) is 3.78. The van der Waals surface area contributed by atoms with Gasteiger partial charge < -0.3 is 16.0 Å². The Morgan fingerprint density at radius 3 is 3.06 bits per heavy atom. The van der Waals surface area contributed by atoms with Crippen LogP contribution in [0.1, 0.15) is 5.56 Å². The lowest BCUT2D eigenvalue weighted by atomic mass is 9.89. The van der Waals surface area contributed by atoms with Crippen LogP contribution >= 0.6 is 0 Å². The van der Waals surface area contributed by atoms with E-state index in [1.807, 2.05) is 6.20 Å². The zero-order chi connectivity index (χ0) is 12.3. The fourth-order valence-corrected chi connectivity index (χ4v) is 1.46. The normalized spacial score (nSPS) is 10.5. The van der Waals surface area contributed by atoms with E-state index in [2.05, 4.69) is 15.3 Å². The van der Waals surface area contributed by atoms with Gasteiger partial charge in [0, 0.05) is 24.5 Å². The summed E-state index contributed by atoms with van der Waals surface area (Å²) >= 11 is 0. The van der Waals surface area contributed by atoms with Crippen molar-refractivity contribution < 1.29 is 5.02 Å². The maximum Gasteiger partial charge on any atom is 0.373 e. The Kier molecular flexibility index (Phi) is 3.41. The highest BCUT2D eigenvalue weighted by Crippen LogP contribution is 2.14. The van der Waals surface area contributed by atoms with E-state index in [0.29, 0.717) is 12.2 Å². The summed E-state index contributed by atoms with van der Waals surface area (Å²) < 4.78 is 1.69. The first-order chi connectivity index (χ1) is 8.16. The number of nitrogens with two attached hydrogens (primary N) is 1. The van der Waals surface area contributed by atoms with Gasteiger partial charge in [0.2, 0.25) is 0 Å². The van der Waals surface area contributed by atoms with E-state index in [1.165, 1.54) is 0 Å². The van der Waals surface area contributed by atoms with Crippen LogP contribution in [0.15, 0.2) is 30.9 Å². The molecule has 0 spiro atoms. The zero-order valence-corrected chi connectivity index (χ0v) is 9.54. The van der Waals surface area contributed by atoms with Gasteiger partial charge in [0.1, 0.15) is 0 Å². The topological polar surface area (TPSA) is 89.0 Å². The third kappa shape index (κ3) is 2.83. The molecule has 0 amide bonds. The molecule has 2 rings (SSSR count). The van der Waals surface area contributed by atoms with Crippen LogP contribution in [0, 0.1) is 0 Å². The maximum atomic E-state index is 9.12. The third-order valence-corrected chi connectivity index (χ3v) is 2.31. The van der Waals surface area contributed by atoms with Gasteiger partial charge in [0.15, 0.2) is 0 Å². The molecule has 0 saturated heterocycles. The van der Waals surface area contributed by atoms with Crippen LogP contribution < -0.4 is 11.0 Å². The van der Waals surface area contributed by atoms with Gasteiger partial charge in [-0.2, -0.15) is 5.10 Å². The third-order valence-electron chi connectivity index (χ3n) is 2.31. The number of hydrogen-bond acceptors (Lipinski definition) is 5. The van der Waals surface area contributed by atoms with Crippen LogP contribution in [0.25, 0.3) is 5.69 Å².